The van der Waals surface area contributed by atoms with Crippen molar-refractivity contribution in [1.82, 2.24) is 14.5 Å². The lowest BCUT2D eigenvalue weighted by Gasteiger charge is -2.26. The molecule has 1 fully saturated rings. The minimum absolute atomic E-state index is 0.233. The van der Waals surface area contributed by atoms with Gasteiger partial charge in [0.15, 0.2) is 5.16 Å². The Morgan fingerprint density at radius 1 is 1.29 bits per heavy atom. The van der Waals surface area contributed by atoms with Crippen LogP contribution in [0, 0.1) is 13.8 Å². The number of carbonyl (C=O) groups excluding carboxylic acids is 1. The van der Waals surface area contributed by atoms with Crippen molar-refractivity contribution >= 4 is 17.7 Å². The third-order valence-electron chi connectivity index (χ3n) is 3.98. The van der Waals surface area contributed by atoms with E-state index in [1.165, 1.54) is 18.2 Å². The Morgan fingerprint density at radius 2 is 2.00 bits per heavy atom. The normalized spacial score (nSPS) is 15.5. The van der Waals surface area contributed by atoms with Crippen LogP contribution in [0.2, 0.25) is 0 Å². The van der Waals surface area contributed by atoms with Crippen LogP contribution in [0.1, 0.15) is 30.7 Å². The Labute approximate surface area is 131 Å². The number of aryl methyl sites for hydroxylation is 1. The molecule has 0 bridgehead atoms. The maximum absolute atomic E-state index is 12.2. The molecule has 21 heavy (non-hydrogen) atoms. The molecular weight excluding hydrogens is 286 g/mol. The first kappa shape index (κ1) is 16.4. The third kappa shape index (κ3) is 4.23. The summed E-state index contributed by atoms with van der Waals surface area (Å²) in [7, 11) is 1.70. The fourth-order valence-corrected chi connectivity index (χ4v) is 3.56. The van der Waals surface area contributed by atoms with Gasteiger partial charge in [-0.3, -0.25) is 4.79 Å². The minimum atomic E-state index is 0.233. The van der Waals surface area contributed by atoms with Gasteiger partial charge in [-0.1, -0.05) is 11.8 Å². The van der Waals surface area contributed by atoms with Crippen LogP contribution in [0.5, 0.6) is 0 Å². The van der Waals surface area contributed by atoms with E-state index in [-0.39, 0.29) is 5.91 Å². The molecule has 6 heteroatoms. The third-order valence-corrected chi connectivity index (χ3v) is 4.94. The maximum atomic E-state index is 12.2. The lowest BCUT2D eigenvalue weighted by Crippen LogP contribution is -2.36. The second-order valence-electron chi connectivity index (χ2n) is 5.44. The number of aromatic nitrogens is 2. The minimum Gasteiger partial charge on any atom is -0.383 e. The van der Waals surface area contributed by atoms with Gasteiger partial charge in [0.25, 0.3) is 0 Å². The van der Waals surface area contributed by atoms with Crippen LogP contribution in [-0.4, -0.2) is 52.9 Å². The summed E-state index contributed by atoms with van der Waals surface area (Å²) in [6, 6.07) is 0. The van der Waals surface area contributed by atoms with Crippen LogP contribution in [0.4, 0.5) is 0 Å². The Bertz CT molecular complexity index is 482. The number of amides is 1. The molecule has 1 aliphatic heterocycles. The molecule has 0 radical (unpaired) electrons. The van der Waals surface area contributed by atoms with Crippen LogP contribution in [0.3, 0.4) is 0 Å². The van der Waals surface area contributed by atoms with Crippen molar-refractivity contribution in [3.05, 3.63) is 11.4 Å². The summed E-state index contributed by atoms with van der Waals surface area (Å²) in [6.45, 7) is 7.34. The molecule has 1 saturated heterocycles. The second kappa shape index (κ2) is 7.84. The molecule has 0 unspecified atom stereocenters. The largest absolute Gasteiger partial charge is 0.383 e. The van der Waals surface area contributed by atoms with Gasteiger partial charge in [-0.2, -0.15) is 0 Å². The zero-order valence-electron chi connectivity index (χ0n) is 13.2. The van der Waals surface area contributed by atoms with E-state index in [1.807, 2.05) is 11.8 Å². The van der Waals surface area contributed by atoms with Crippen LogP contribution in [0.15, 0.2) is 5.16 Å². The standard InChI is InChI=1S/C15H25N3O2S/c1-12-13(2)18(9-10-20-3)15(16-12)21-11-14(19)17-7-5-4-6-8-17/h4-11H2,1-3H3. The van der Waals surface area contributed by atoms with Crippen molar-refractivity contribution in [2.24, 2.45) is 0 Å². The number of nitrogens with zero attached hydrogens (tertiary/aromatic N) is 3. The molecule has 1 aromatic heterocycles. The van der Waals surface area contributed by atoms with Gasteiger partial charge in [-0.15, -0.1) is 0 Å². The van der Waals surface area contributed by atoms with E-state index in [0.717, 1.165) is 49.0 Å². The van der Waals surface area contributed by atoms with Gasteiger partial charge >= 0.3 is 0 Å². The van der Waals surface area contributed by atoms with Gasteiger partial charge in [0.05, 0.1) is 18.1 Å². The summed E-state index contributed by atoms with van der Waals surface area (Å²) in [6.07, 6.45) is 3.52. The number of piperidine rings is 1. The van der Waals surface area contributed by atoms with Crippen LogP contribution < -0.4 is 0 Å². The number of rotatable bonds is 6. The SMILES string of the molecule is COCCn1c(SCC(=O)N2CCCCC2)nc(C)c1C. The predicted molar refractivity (Wildman–Crippen MR) is 84.7 cm³/mol. The Balaban J connectivity index is 1.95. The topological polar surface area (TPSA) is 47.4 Å². The highest BCUT2D eigenvalue weighted by Gasteiger charge is 2.18. The first-order chi connectivity index (χ1) is 10.1. The summed E-state index contributed by atoms with van der Waals surface area (Å²) in [5, 5.41) is 0.924. The number of imidazole rings is 1. The van der Waals surface area contributed by atoms with E-state index in [2.05, 4.69) is 16.5 Å². The molecule has 2 heterocycles. The maximum Gasteiger partial charge on any atom is 0.233 e. The fourth-order valence-electron chi connectivity index (χ4n) is 2.54. The lowest BCUT2D eigenvalue weighted by atomic mass is 10.1. The Kier molecular flexibility index (Phi) is 6.11. The summed E-state index contributed by atoms with van der Waals surface area (Å²) < 4.78 is 7.30. The summed E-state index contributed by atoms with van der Waals surface area (Å²) in [5.41, 5.74) is 2.18. The molecule has 2 rings (SSSR count). The molecule has 0 saturated carbocycles. The number of hydrogen-bond donors (Lipinski definition) is 0. The molecule has 0 spiro atoms. The van der Waals surface area contributed by atoms with E-state index >= 15 is 0 Å². The molecule has 1 amide bonds. The second-order valence-corrected chi connectivity index (χ2v) is 6.38. The average molecular weight is 311 g/mol. The summed E-state index contributed by atoms with van der Waals surface area (Å²) >= 11 is 1.54. The molecule has 1 aliphatic rings. The number of hydrogen-bond acceptors (Lipinski definition) is 4. The van der Waals surface area contributed by atoms with Gasteiger partial charge in [-0.05, 0) is 33.1 Å². The molecular formula is C15H25N3O2S. The molecule has 0 aromatic carbocycles. The van der Waals surface area contributed by atoms with E-state index in [1.54, 1.807) is 7.11 Å². The molecule has 1 aromatic rings. The molecule has 0 atom stereocenters. The average Bonchev–Trinajstić information content (AvgIpc) is 2.78. The van der Waals surface area contributed by atoms with E-state index in [4.69, 9.17) is 4.74 Å². The van der Waals surface area contributed by atoms with E-state index in [0.29, 0.717) is 12.4 Å². The molecule has 118 valence electrons. The van der Waals surface area contributed by atoms with Gasteiger partial charge < -0.3 is 14.2 Å². The quantitative estimate of drug-likeness (QED) is 0.756. The van der Waals surface area contributed by atoms with Gasteiger partial charge in [0.2, 0.25) is 5.91 Å². The highest BCUT2D eigenvalue weighted by atomic mass is 32.2. The number of carbonyl (C=O) groups is 1. The smallest absolute Gasteiger partial charge is 0.233 e. The zero-order valence-corrected chi connectivity index (χ0v) is 14.0. The van der Waals surface area contributed by atoms with E-state index in [9.17, 15) is 4.79 Å². The highest BCUT2D eigenvalue weighted by molar-refractivity contribution is 7.99. The summed E-state index contributed by atoms with van der Waals surface area (Å²) in [5.74, 6) is 0.708. The van der Waals surface area contributed by atoms with Gasteiger partial charge in [0, 0.05) is 32.4 Å². The number of ether oxygens (including phenoxy) is 1. The van der Waals surface area contributed by atoms with Crippen molar-refractivity contribution in [1.29, 1.82) is 0 Å². The molecule has 0 aliphatic carbocycles. The predicted octanol–water partition coefficient (Wildman–Crippen LogP) is 2.25. The monoisotopic (exact) mass is 311 g/mol. The van der Waals surface area contributed by atoms with Crippen LogP contribution in [0.25, 0.3) is 0 Å². The number of thioether (sulfide) groups is 1. The first-order valence-corrected chi connectivity index (χ1v) is 8.55. The summed E-state index contributed by atoms with van der Waals surface area (Å²) in [4.78, 5) is 18.8. The van der Waals surface area contributed by atoms with Gasteiger partial charge in [-0.25, -0.2) is 4.98 Å². The van der Waals surface area contributed by atoms with Crippen LogP contribution >= 0.6 is 11.8 Å². The highest BCUT2D eigenvalue weighted by Crippen LogP contribution is 2.22. The number of likely N-dealkylation sites (tertiary alicyclic amines) is 1. The van der Waals surface area contributed by atoms with Crippen molar-refractivity contribution in [2.45, 2.75) is 44.8 Å². The molecule has 0 N–H and O–H groups in total. The Morgan fingerprint density at radius 3 is 2.67 bits per heavy atom. The Hall–Kier alpha value is -1.01. The lowest BCUT2D eigenvalue weighted by molar-refractivity contribution is -0.129. The zero-order chi connectivity index (χ0) is 15.2. The van der Waals surface area contributed by atoms with Crippen molar-refractivity contribution in [3.8, 4) is 0 Å². The molecule has 5 nitrogen and oxygen atoms in total. The van der Waals surface area contributed by atoms with Crippen molar-refractivity contribution < 1.29 is 9.53 Å². The number of methoxy groups -OCH3 is 1. The first-order valence-electron chi connectivity index (χ1n) is 7.56. The van der Waals surface area contributed by atoms with Crippen molar-refractivity contribution in [3.63, 3.8) is 0 Å². The van der Waals surface area contributed by atoms with Crippen LogP contribution in [-0.2, 0) is 16.1 Å². The fraction of sp³-hybridized carbons (Fsp3) is 0.733. The van der Waals surface area contributed by atoms with Gasteiger partial charge in [0.1, 0.15) is 0 Å². The van der Waals surface area contributed by atoms with Crippen molar-refractivity contribution in [2.75, 3.05) is 32.6 Å². The van der Waals surface area contributed by atoms with E-state index < -0.39 is 0 Å².